The summed E-state index contributed by atoms with van der Waals surface area (Å²) in [5, 5.41) is 13.3. The average Bonchev–Trinajstić information content (AvgIpc) is 1.76. The molecule has 4 atom stereocenters. The van der Waals surface area contributed by atoms with E-state index in [1.54, 1.807) is 94.3 Å². The predicted octanol–water partition coefficient (Wildman–Crippen LogP) is 17.2. The van der Waals surface area contributed by atoms with Crippen LogP contribution in [0.15, 0.2) is 191 Å². The van der Waals surface area contributed by atoms with E-state index in [1.807, 2.05) is 65.5 Å². The molecule has 13 aromatic rings. The first-order valence-electron chi connectivity index (χ1n) is 41.7. The highest BCUT2D eigenvalue weighted by molar-refractivity contribution is 6.42. The molecular formula is C97H91Cl6F2N15O15. The van der Waals surface area contributed by atoms with E-state index in [9.17, 15) is 32.8 Å². The SMILES string of the molecule is C=CC(=O)NC1COCC1Cc1ncc2c(ccn2Cc2c(Cl)c(OC)cc(OC)c2Cl)n1.C=CC(=O)NC1COCC1Cc1ncc2c(ccn2Cc2c(F)c(OC)cc(OC)c2F)n1.C=CC(=O)Nc1ccccc1Cc1ncc2c(ccn2C(=O)c2c(Cl)c(OC)cc(OC)c2Cl)n1.C=CC(=O)Nc1ccccc1Cc1ncc2c(n1)CC=C2Cc1c(Cl)c(OC)cc(OC)c1Cl. The Bertz CT molecular complexity index is 6450. The van der Waals surface area contributed by atoms with Gasteiger partial charge in [-0.25, -0.2) is 48.7 Å². The number of para-hydroxylation sites is 2. The minimum absolute atomic E-state index is 0.0286. The van der Waals surface area contributed by atoms with Gasteiger partial charge in [-0.2, -0.15) is 0 Å². The van der Waals surface area contributed by atoms with E-state index in [1.165, 1.54) is 69.4 Å². The number of methoxy groups -OCH3 is 8. The highest BCUT2D eigenvalue weighted by atomic mass is 35.5. The van der Waals surface area contributed by atoms with Crippen molar-refractivity contribution in [3.8, 4) is 46.0 Å². The van der Waals surface area contributed by atoms with E-state index in [4.69, 9.17) is 127 Å². The maximum atomic E-state index is 14.8. The second-order valence-corrected chi connectivity index (χ2v) is 32.7. The highest BCUT2D eigenvalue weighted by Gasteiger charge is 2.34. The van der Waals surface area contributed by atoms with Gasteiger partial charge in [-0.05, 0) is 71.3 Å². The predicted molar refractivity (Wildman–Crippen MR) is 513 cm³/mol. The molecule has 7 aromatic heterocycles. The number of nitrogens with one attached hydrogen (secondary N) is 4. The highest BCUT2D eigenvalue weighted by Crippen LogP contribution is 2.46. The molecular weight excluding hydrogens is 1870 g/mol. The molecule has 2 aliphatic heterocycles. The number of hydrogen-bond donors (Lipinski definition) is 4. The number of amides is 4. The van der Waals surface area contributed by atoms with E-state index in [0.717, 1.165) is 44.6 Å². The molecule has 0 spiro atoms. The Hall–Kier alpha value is -13.6. The molecule has 2 fully saturated rings. The van der Waals surface area contributed by atoms with Crippen molar-refractivity contribution in [2.75, 3.05) is 93.9 Å². The van der Waals surface area contributed by atoms with Gasteiger partial charge in [0.1, 0.15) is 57.8 Å². The van der Waals surface area contributed by atoms with Crippen LogP contribution in [0, 0.1) is 23.5 Å². The second kappa shape index (κ2) is 45.4. The molecule has 4 amide bonds. The lowest BCUT2D eigenvalue weighted by Gasteiger charge is -2.17. The Labute approximate surface area is 804 Å². The van der Waals surface area contributed by atoms with Gasteiger partial charge in [0.05, 0.1) is 207 Å². The van der Waals surface area contributed by atoms with Crippen LogP contribution in [-0.4, -0.2) is 178 Å². The number of hydrogen-bond acceptors (Lipinski definition) is 23. The Morgan fingerprint density at radius 2 is 0.815 bits per heavy atom. The van der Waals surface area contributed by atoms with Crippen molar-refractivity contribution in [3.05, 3.63) is 301 Å². The van der Waals surface area contributed by atoms with Gasteiger partial charge in [-0.15, -0.1) is 0 Å². The van der Waals surface area contributed by atoms with Crippen molar-refractivity contribution < 1.29 is 80.1 Å². The fraction of sp³-hybridized carbons (Fsp3) is 0.247. The Morgan fingerprint density at radius 1 is 0.437 bits per heavy atom. The third-order valence-electron chi connectivity index (χ3n) is 22.4. The summed E-state index contributed by atoms with van der Waals surface area (Å²) in [5.74, 6) is 1.79. The maximum Gasteiger partial charge on any atom is 0.265 e. The summed E-state index contributed by atoms with van der Waals surface area (Å²) >= 11 is 39.0. The topological polar surface area (TPSA) is 344 Å². The number of ether oxygens (including phenoxy) is 10. The number of carbonyl (C=O) groups is 5. The van der Waals surface area contributed by atoms with Gasteiger partial charge < -0.3 is 77.8 Å². The summed E-state index contributed by atoms with van der Waals surface area (Å²) in [7, 11) is 11.7. The van der Waals surface area contributed by atoms with E-state index < -0.39 is 17.5 Å². The standard InChI is InChI=1S/C26H23Cl2N3O3.C25H20Cl2N4O4.C23H24Cl2N4O4.C23H24F2N4O4/c1-4-24(32)31-19-8-6-5-7-16(19)12-23-29-14-18-15(9-10-20(18)30-23)11-17-25(27)21(33-2)13-22(34-3)26(17)28;1-4-21(32)30-15-8-6-5-7-14(15)11-20-28-13-17-16(29-20)9-10-31(17)25(33)22-23(26)18(34-2)12-19(35-3)24(22)27;2*1-4-21(30)28-16-12-33-11-13(16)7-20-26-9-17-15(27-20)5-6-29(17)10-14-22(24)18(31-2)8-19(32-3)23(14)25/h4-9,13-14H,1,10-12H2,2-3H3,(H,31,32);4-10,12-13H,1,11H2,2-3H3,(H,30,32);2*4-6,8-9,13,16H,1,7,10-12H2,2-3H3,(H,28,30). The first-order valence-corrected chi connectivity index (χ1v) is 43.9. The molecule has 2 saturated heterocycles. The van der Waals surface area contributed by atoms with Crippen LogP contribution < -0.4 is 59.2 Å². The number of carbonyl (C=O) groups excluding carboxylic acids is 5. The summed E-state index contributed by atoms with van der Waals surface area (Å²) in [6, 6.07) is 26.1. The Balaban J connectivity index is 0.000000152. The van der Waals surface area contributed by atoms with Crippen LogP contribution in [0.3, 0.4) is 0 Å². The zero-order valence-corrected chi connectivity index (χ0v) is 78.8. The zero-order valence-electron chi connectivity index (χ0n) is 74.3. The third-order valence-corrected chi connectivity index (χ3v) is 24.8. The van der Waals surface area contributed by atoms with Crippen LogP contribution in [0.5, 0.6) is 46.0 Å². The molecule has 16 rings (SSSR count). The molecule has 0 saturated carbocycles. The molecule has 700 valence electrons. The number of allylic oxidation sites excluding steroid dienone is 2. The monoisotopic (exact) mass is 1950 g/mol. The minimum Gasteiger partial charge on any atom is -0.495 e. The summed E-state index contributed by atoms with van der Waals surface area (Å²) in [6.07, 6.45) is 22.2. The van der Waals surface area contributed by atoms with Crippen LogP contribution in [0.25, 0.3) is 38.7 Å². The molecule has 4 N–H and O–H groups in total. The number of halogens is 8. The van der Waals surface area contributed by atoms with Crippen LogP contribution >= 0.6 is 69.6 Å². The van der Waals surface area contributed by atoms with E-state index in [-0.39, 0.29) is 98.3 Å². The smallest absolute Gasteiger partial charge is 0.265 e. The van der Waals surface area contributed by atoms with Gasteiger partial charge in [-0.3, -0.25) is 28.5 Å². The molecule has 30 nitrogen and oxygen atoms in total. The molecule has 135 heavy (non-hydrogen) atoms. The van der Waals surface area contributed by atoms with Crippen molar-refractivity contribution in [1.29, 1.82) is 0 Å². The van der Waals surface area contributed by atoms with Crippen LogP contribution in [0.1, 0.15) is 72.7 Å². The van der Waals surface area contributed by atoms with Gasteiger partial charge in [-0.1, -0.05) is 138 Å². The summed E-state index contributed by atoms with van der Waals surface area (Å²) in [5.41, 5.74) is 11.3. The largest absolute Gasteiger partial charge is 0.495 e. The number of anilines is 2. The van der Waals surface area contributed by atoms with Crippen LogP contribution in [0.2, 0.25) is 30.1 Å². The Kier molecular flexibility index (Phi) is 33.3. The van der Waals surface area contributed by atoms with Gasteiger partial charge in [0, 0.05) is 127 Å². The average molecular weight is 1960 g/mol. The summed E-state index contributed by atoms with van der Waals surface area (Å²) in [6.45, 7) is 16.2. The molecule has 3 aliphatic rings. The minimum atomic E-state index is -0.788. The number of benzene rings is 6. The Morgan fingerprint density at radius 3 is 1.27 bits per heavy atom. The number of fused-ring (bicyclic) bond motifs is 4. The quantitative estimate of drug-likeness (QED) is 0.0293. The fourth-order valence-corrected chi connectivity index (χ4v) is 17.2. The number of nitrogens with zero attached hydrogens (tertiary/aromatic N) is 11. The fourth-order valence-electron chi connectivity index (χ4n) is 15.3. The van der Waals surface area contributed by atoms with Gasteiger partial charge in [0.15, 0.2) is 23.1 Å². The van der Waals surface area contributed by atoms with Crippen molar-refractivity contribution in [2.45, 2.75) is 63.7 Å². The van der Waals surface area contributed by atoms with Crippen molar-refractivity contribution >= 4 is 149 Å². The van der Waals surface area contributed by atoms with Crippen molar-refractivity contribution in [3.63, 3.8) is 0 Å². The van der Waals surface area contributed by atoms with E-state index in [0.29, 0.717) is 177 Å². The third kappa shape index (κ3) is 22.8. The van der Waals surface area contributed by atoms with Crippen molar-refractivity contribution in [2.24, 2.45) is 11.8 Å². The van der Waals surface area contributed by atoms with Gasteiger partial charge >= 0.3 is 0 Å². The summed E-state index contributed by atoms with van der Waals surface area (Å²) < 4.78 is 87.6. The lowest BCUT2D eigenvalue weighted by molar-refractivity contribution is -0.118. The lowest BCUT2D eigenvalue weighted by atomic mass is 9.99. The van der Waals surface area contributed by atoms with Gasteiger partial charge in [0.2, 0.25) is 23.6 Å². The molecule has 9 heterocycles. The molecule has 0 bridgehead atoms. The maximum absolute atomic E-state index is 14.8. The lowest BCUT2D eigenvalue weighted by Crippen LogP contribution is -2.39. The normalized spacial score (nSPS) is 14.5. The number of aromatic nitrogens is 11. The van der Waals surface area contributed by atoms with Crippen molar-refractivity contribution in [1.82, 2.24) is 64.2 Å². The van der Waals surface area contributed by atoms with E-state index >= 15 is 0 Å². The molecule has 38 heteroatoms. The molecule has 0 radical (unpaired) electrons. The second-order valence-electron chi connectivity index (χ2n) is 30.4. The zero-order chi connectivity index (χ0) is 96.4. The summed E-state index contributed by atoms with van der Waals surface area (Å²) in [4.78, 5) is 96.9. The van der Waals surface area contributed by atoms with Crippen LogP contribution in [-0.2, 0) is 80.3 Å². The van der Waals surface area contributed by atoms with Crippen LogP contribution in [0.4, 0.5) is 20.2 Å². The van der Waals surface area contributed by atoms with Gasteiger partial charge in [0.25, 0.3) is 5.91 Å². The molecule has 6 aromatic carbocycles. The number of rotatable bonds is 31. The first-order chi connectivity index (χ1) is 65.2. The molecule has 4 unspecified atom stereocenters. The first kappa shape index (κ1) is 98.9. The van der Waals surface area contributed by atoms with E-state index in [2.05, 4.69) is 83.6 Å². The molecule has 1 aliphatic carbocycles.